The molecule has 0 N–H and O–H groups in total. The van der Waals surface area contributed by atoms with Crippen molar-refractivity contribution < 1.29 is 13.3 Å². The average Bonchev–Trinajstić information content (AvgIpc) is 2.29. The molecule has 0 saturated carbocycles. The molecule has 0 atom stereocenters. The van der Waals surface area contributed by atoms with E-state index >= 15 is 0 Å². The largest absolute Gasteiger partial charge is 0.511 e. The molecule has 0 aliphatic carbocycles. The molecule has 0 rings (SSSR count). The fourth-order valence-corrected chi connectivity index (χ4v) is 3.93. The van der Waals surface area contributed by atoms with Crippen LogP contribution >= 0.6 is 12.6 Å². The Hall–Kier alpha value is 0.447. The van der Waals surface area contributed by atoms with Crippen molar-refractivity contribution in [3.8, 4) is 0 Å². The van der Waals surface area contributed by atoms with Gasteiger partial charge in [0.25, 0.3) is 0 Å². The molecule has 0 aromatic heterocycles. The summed E-state index contributed by atoms with van der Waals surface area (Å²) in [5, 5.41) is 0.563. The molecule has 0 unspecified atom stereocenters. The van der Waals surface area contributed by atoms with E-state index in [0.29, 0.717) is 25.2 Å². The maximum Gasteiger partial charge on any atom is 0.511 e. The van der Waals surface area contributed by atoms with Gasteiger partial charge in [0.05, 0.1) is 5.38 Å². The fraction of sp³-hybridized carbons (Fsp3) is 1.00. The summed E-state index contributed by atoms with van der Waals surface area (Å²) in [6.45, 7) is 8.33. The molecule has 92 valence electrons. The first-order valence-electron chi connectivity index (χ1n) is 5.77. The standard InChI is InChI=1S/C10H24O3SSi/c1-4-7-11-15(10-14,12-8-5-2)13-9-6-3/h14H,4-10H2,1-3H3. The molecular weight excluding hydrogens is 228 g/mol. The van der Waals surface area contributed by atoms with Crippen LogP contribution in [0.15, 0.2) is 0 Å². The molecule has 0 fully saturated rings. The highest BCUT2D eigenvalue weighted by Gasteiger charge is 2.39. The molecule has 0 heterocycles. The van der Waals surface area contributed by atoms with E-state index in [1.165, 1.54) is 0 Å². The van der Waals surface area contributed by atoms with Crippen molar-refractivity contribution in [2.24, 2.45) is 0 Å². The molecule has 0 bridgehead atoms. The third kappa shape index (κ3) is 6.58. The van der Waals surface area contributed by atoms with Gasteiger partial charge in [-0.1, -0.05) is 20.8 Å². The quantitative estimate of drug-likeness (QED) is 0.478. The minimum atomic E-state index is -2.47. The summed E-state index contributed by atoms with van der Waals surface area (Å²) in [7, 11) is -2.47. The van der Waals surface area contributed by atoms with Crippen LogP contribution in [0.4, 0.5) is 0 Å². The molecule has 0 saturated heterocycles. The second-order valence-corrected chi connectivity index (χ2v) is 6.88. The molecular formula is C10H24O3SSi. The Morgan fingerprint density at radius 3 is 1.33 bits per heavy atom. The third-order valence-corrected chi connectivity index (χ3v) is 5.25. The molecule has 3 nitrogen and oxygen atoms in total. The Bertz CT molecular complexity index is 125. The van der Waals surface area contributed by atoms with E-state index in [2.05, 4.69) is 33.4 Å². The lowest BCUT2D eigenvalue weighted by molar-refractivity contribution is 0.0650. The van der Waals surface area contributed by atoms with Gasteiger partial charge in [0, 0.05) is 19.8 Å². The van der Waals surface area contributed by atoms with Crippen LogP contribution < -0.4 is 0 Å². The van der Waals surface area contributed by atoms with Crippen molar-refractivity contribution in [1.29, 1.82) is 0 Å². The summed E-state index contributed by atoms with van der Waals surface area (Å²) in [5.74, 6) is 0. The second-order valence-electron chi connectivity index (χ2n) is 3.39. The minimum Gasteiger partial charge on any atom is -0.373 e. The van der Waals surface area contributed by atoms with Gasteiger partial charge < -0.3 is 13.3 Å². The highest BCUT2D eigenvalue weighted by molar-refractivity contribution is 7.82. The molecule has 0 amide bonds. The Labute approximate surface area is 100 Å². The van der Waals surface area contributed by atoms with Crippen molar-refractivity contribution in [2.75, 3.05) is 25.2 Å². The minimum absolute atomic E-state index is 0.563. The summed E-state index contributed by atoms with van der Waals surface area (Å²) in [6.07, 6.45) is 2.94. The highest BCUT2D eigenvalue weighted by atomic mass is 32.1. The van der Waals surface area contributed by atoms with Crippen LogP contribution in [0.2, 0.25) is 0 Å². The van der Waals surface area contributed by atoms with Crippen LogP contribution in [0.3, 0.4) is 0 Å². The summed E-state index contributed by atoms with van der Waals surface area (Å²) in [5.41, 5.74) is 0. The molecule has 0 spiro atoms. The Balaban J connectivity index is 4.16. The van der Waals surface area contributed by atoms with Gasteiger partial charge in [-0.2, -0.15) is 12.6 Å². The third-order valence-electron chi connectivity index (χ3n) is 1.77. The summed E-state index contributed by atoms with van der Waals surface area (Å²) < 4.78 is 17.3. The Morgan fingerprint density at radius 2 is 1.13 bits per heavy atom. The average molecular weight is 252 g/mol. The number of thiol groups is 1. The van der Waals surface area contributed by atoms with Gasteiger partial charge in [0.1, 0.15) is 0 Å². The van der Waals surface area contributed by atoms with E-state index in [1.54, 1.807) is 0 Å². The van der Waals surface area contributed by atoms with Crippen LogP contribution in [-0.2, 0) is 13.3 Å². The zero-order valence-corrected chi connectivity index (χ0v) is 12.0. The molecule has 5 heteroatoms. The summed E-state index contributed by atoms with van der Waals surface area (Å²) >= 11 is 4.31. The second kappa shape index (κ2) is 9.66. The van der Waals surface area contributed by atoms with Crippen LogP contribution in [0.1, 0.15) is 40.0 Å². The van der Waals surface area contributed by atoms with E-state index in [9.17, 15) is 0 Å². The first kappa shape index (κ1) is 15.4. The number of rotatable bonds is 10. The molecule has 0 aromatic rings. The van der Waals surface area contributed by atoms with E-state index in [1.807, 2.05) is 0 Å². The predicted octanol–water partition coefficient (Wildman–Crippen LogP) is 2.67. The normalized spacial score (nSPS) is 12.0. The monoisotopic (exact) mass is 252 g/mol. The van der Waals surface area contributed by atoms with Gasteiger partial charge in [-0.15, -0.1) is 0 Å². The smallest absolute Gasteiger partial charge is 0.373 e. The number of hydrogen-bond donors (Lipinski definition) is 1. The van der Waals surface area contributed by atoms with Crippen molar-refractivity contribution >= 4 is 21.4 Å². The Morgan fingerprint density at radius 1 is 0.800 bits per heavy atom. The van der Waals surface area contributed by atoms with Gasteiger partial charge in [-0.05, 0) is 19.3 Å². The number of hydrogen-bond acceptors (Lipinski definition) is 4. The Kier molecular flexibility index (Phi) is 9.94. The lowest BCUT2D eigenvalue weighted by Gasteiger charge is -2.27. The van der Waals surface area contributed by atoms with Gasteiger partial charge in [-0.25, -0.2) is 0 Å². The van der Waals surface area contributed by atoms with Crippen LogP contribution in [0.5, 0.6) is 0 Å². The van der Waals surface area contributed by atoms with E-state index < -0.39 is 8.80 Å². The zero-order chi connectivity index (χ0) is 11.6. The maximum absolute atomic E-state index is 5.75. The van der Waals surface area contributed by atoms with Crippen LogP contribution in [0.25, 0.3) is 0 Å². The lowest BCUT2D eigenvalue weighted by Crippen LogP contribution is -2.49. The first-order valence-corrected chi connectivity index (χ1v) is 8.33. The molecule has 0 radical (unpaired) electrons. The topological polar surface area (TPSA) is 27.7 Å². The summed E-state index contributed by atoms with van der Waals surface area (Å²) in [4.78, 5) is 0. The van der Waals surface area contributed by atoms with Gasteiger partial charge in [0.15, 0.2) is 0 Å². The lowest BCUT2D eigenvalue weighted by atomic mass is 10.5. The van der Waals surface area contributed by atoms with Gasteiger partial charge >= 0.3 is 8.80 Å². The molecule has 0 aliphatic rings. The van der Waals surface area contributed by atoms with Gasteiger partial charge in [0.2, 0.25) is 0 Å². The maximum atomic E-state index is 5.75. The summed E-state index contributed by atoms with van der Waals surface area (Å²) in [6, 6.07) is 0. The predicted molar refractivity (Wildman–Crippen MR) is 68.3 cm³/mol. The first-order chi connectivity index (χ1) is 7.24. The van der Waals surface area contributed by atoms with Crippen molar-refractivity contribution in [2.45, 2.75) is 40.0 Å². The SMILES string of the molecule is CCCO[Si](CS)(OCCC)OCCC. The molecule has 0 aliphatic heterocycles. The molecule has 0 aromatic carbocycles. The van der Waals surface area contributed by atoms with Crippen LogP contribution in [0, 0.1) is 0 Å². The fourth-order valence-electron chi connectivity index (χ4n) is 1.03. The molecule has 15 heavy (non-hydrogen) atoms. The van der Waals surface area contributed by atoms with E-state index in [-0.39, 0.29) is 0 Å². The van der Waals surface area contributed by atoms with Crippen molar-refractivity contribution in [3.63, 3.8) is 0 Å². The van der Waals surface area contributed by atoms with Crippen molar-refractivity contribution in [3.05, 3.63) is 0 Å². The van der Waals surface area contributed by atoms with E-state index in [4.69, 9.17) is 13.3 Å². The highest BCUT2D eigenvalue weighted by Crippen LogP contribution is 2.13. The zero-order valence-electron chi connectivity index (χ0n) is 10.1. The van der Waals surface area contributed by atoms with Crippen molar-refractivity contribution in [1.82, 2.24) is 0 Å². The van der Waals surface area contributed by atoms with Crippen LogP contribution in [-0.4, -0.2) is 34.0 Å². The van der Waals surface area contributed by atoms with E-state index in [0.717, 1.165) is 19.3 Å². The van der Waals surface area contributed by atoms with Gasteiger partial charge in [-0.3, -0.25) is 0 Å².